The molecule has 0 spiro atoms. The van der Waals surface area contributed by atoms with Gasteiger partial charge in [0.25, 0.3) is 0 Å². The molecule has 7 heteroatoms. The third-order valence-electron chi connectivity index (χ3n) is 3.79. The zero-order valence-electron chi connectivity index (χ0n) is 15.3. The fourth-order valence-corrected chi connectivity index (χ4v) is 2.61. The van der Waals surface area contributed by atoms with Crippen molar-refractivity contribution in [1.82, 2.24) is 10.6 Å². The normalized spacial score (nSPS) is 11.4. The molecular formula is C20H23ClN2O4. The summed E-state index contributed by atoms with van der Waals surface area (Å²) in [6.45, 7) is 2.12. The number of amides is 2. The van der Waals surface area contributed by atoms with Gasteiger partial charge >= 0.3 is 0 Å². The van der Waals surface area contributed by atoms with E-state index in [9.17, 15) is 9.59 Å². The number of carbonyl (C=O) groups is 2. The molecule has 0 saturated heterocycles. The molecule has 2 aromatic carbocycles. The highest BCUT2D eigenvalue weighted by molar-refractivity contribution is 6.30. The van der Waals surface area contributed by atoms with Crippen molar-refractivity contribution in [3.05, 3.63) is 59.1 Å². The molecule has 1 atom stereocenters. The van der Waals surface area contributed by atoms with Crippen molar-refractivity contribution in [2.75, 3.05) is 20.3 Å². The lowest BCUT2D eigenvalue weighted by molar-refractivity contribution is -0.122. The van der Waals surface area contributed by atoms with Gasteiger partial charge in [-0.2, -0.15) is 0 Å². The first-order valence-electron chi connectivity index (χ1n) is 8.54. The maximum atomic E-state index is 12.2. The summed E-state index contributed by atoms with van der Waals surface area (Å²) in [5.41, 5.74) is 0.819. The predicted molar refractivity (Wildman–Crippen MR) is 104 cm³/mol. The standard InChI is InChI=1S/C20H23ClN2O4/c1-14(24)23-19(15-3-5-16(21)6-4-15)13-20(25)22-11-12-27-18-9-7-17(26-2)8-10-18/h3-10,19H,11-13H2,1-2H3,(H,22,25)(H,23,24). The molecule has 144 valence electrons. The monoisotopic (exact) mass is 390 g/mol. The molecule has 0 bridgehead atoms. The molecule has 0 saturated carbocycles. The van der Waals surface area contributed by atoms with Crippen LogP contribution in [0.1, 0.15) is 24.9 Å². The number of benzene rings is 2. The van der Waals surface area contributed by atoms with Gasteiger partial charge in [-0.1, -0.05) is 23.7 Å². The van der Waals surface area contributed by atoms with Gasteiger partial charge in [0, 0.05) is 11.9 Å². The summed E-state index contributed by atoms with van der Waals surface area (Å²) in [4.78, 5) is 23.7. The summed E-state index contributed by atoms with van der Waals surface area (Å²) in [6.07, 6.45) is 0.129. The highest BCUT2D eigenvalue weighted by Crippen LogP contribution is 2.20. The van der Waals surface area contributed by atoms with Crippen LogP contribution in [0.15, 0.2) is 48.5 Å². The van der Waals surface area contributed by atoms with E-state index in [-0.39, 0.29) is 18.2 Å². The van der Waals surface area contributed by atoms with Crippen molar-refractivity contribution in [2.24, 2.45) is 0 Å². The van der Waals surface area contributed by atoms with Gasteiger partial charge < -0.3 is 20.1 Å². The van der Waals surface area contributed by atoms with Crippen LogP contribution in [0.4, 0.5) is 0 Å². The Morgan fingerprint density at radius 3 is 2.26 bits per heavy atom. The first-order valence-corrected chi connectivity index (χ1v) is 8.92. The van der Waals surface area contributed by atoms with E-state index >= 15 is 0 Å². The first kappa shape index (κ1) is 20.6. The van der Waals surface area contributed by atoms with Crippen LogP contribution in [-0.2, 0) is 9.59 Å². The maximum absolute atomic E-state index is 12.2. The summed E-state index contributed by atoms with van der Waals surface area (Å²) in [5, 5.41) is 6.18. The minimum atomic E-state index is -0.415. The van der Waals surface area contributed by atoms with Gasteiger partial charge in [-0.25, -0.2) is 0 Å². The lowest BCUT2D eigenvalue weighted by Crippen LogP contribution is -2.34. The van der Waals surface area contributed by atoms with Crippen molar-refractivity contribution in [3.8, 4) is 11.5 Å². The largest absolute Gasteiger partial charge is 0.497 e. The number of methoxy groups -OCH3 is 1. The molecule has 0 fully saturated rings. The van der Waals surface area contributed by atoms with Gasteiger partial charge in [-0.3, -0.25) is 9.59 Å². The average molecular weight is 391 g/mol. The summed E-state index contributed by atoms with van der Waals surface area (Å²) < 4.78 is 10.7. The van der Waals surface area contributed by atoms with E-state index in [1.54, 1.807) is 55.6 Å². The molecule has 0 radical (unpaired) electrons. The molecule has 27 heavy (non-hydrogen) atoms. The van der Waals surface area contributed by atoms with Gasteiger partial charge in [0.15, 0.2) is 0 Å². The Bertz CT molecular complexity index is 748. The average Bonchev–Trinajstić information content (AvgIpc) is 2.65. The van der Waals surface area contributed by atoms with E-state index < -0.39 is 6.04 Å². The zero-order chi connectivity index (χ0) is 19.6. The van der Waals surface area contributed by atoms with Crippen LogP contribution in [0, 0.1) is 0 Å². The van der Waals surface area contributed by atoms with E-state index in [0.717, 1.165) is 11.3 Å². The van der Waals surface area contributed by atoms with Crippen LogP contribution < -0.4 is 20.1 Å². The van der Waals surface area contributed by atoms with Crippen molar-refractivity contribution in [1.29, 1.82) is 0 Å². The van der Waals surface area contributed by atoms with E-state index in [4.69, 9.17) is 21.1 Å². The molecule has 2 amide bonds. The fourth-order valence-electron chi connectivity index (χ4n) is 2.48. The molecule has 2 rings (SSSR count). The predicted octanol–water partition coefficient (Wildman–Crippen LogP) is 3.11. The summed E-state index contributed by atoms with van der Waals surface area (Å²) in [5.74, 6) is 1.07. The number of carbonyl (C=O) groups excluding carboxylic acids is 2. The van der Waals surface area contributed by atoms with Gasteiger partial charge in [-0.15, -0.1) is 0 Å². The molecule has 1 unspecified atom stereocenters. The summed E-state index contributed by atoms with van der Waals surface area (Å²) >= 11 is 5.89. The Balaban J connectivity index is 1.80. The van der Waals surface area contributed by atoms with E-state index in [0.29, 0.717) is 23.9 Å². The highest BCUT2D eigenvalue weighted by atomic mass is 35.5. The number of nitrogens with one attached hydrogen (secondary N) is 2. The van der Waals surface area contributed by atoms with Gasteiger partial charge in [0.05, 0.1) is 26.1 Å². The Kier molecular flexibility index (Phi) is 7.95. The van der Waals surface area contributed by atoms with Crippen LogP contribution in [0.5, 0.6) is 11.5 Å². The molecule has 0 aliphatic carbocycles. The fraction of sp³-hybridized carbons (Fsp3) is 0.300. The zero-order valence-corrected chi connectivity index (χ0v) is 16.1. The van der Waals surface area contributed by atoms with Crippen molar-refractivity contribution >= 4 is 23.4 Å². The maximum Gasteiger partial charge on any atom is 0.222 e. The molecule has 0 aliphatic heterocycles. The highest BCUT2D eigenvalue weighted by Gasteiger charge is 2.17. The Morgan fingerprint density at radius 1 is 1.04 bits per heavy atom. The summed E-state index contributed by atoms with van der Waals surface area (Å²) in [7, 11) is 1.60. The molecule has 2 aromatic rings. The van der Waals surface area contributed by atoms with Crippen molar-refractivity contribution in [2.45, 2.75) is 19.4 Å². The first-order chi connectivity index (χ1) is 13.0. The number of ether oxygens (including phenoxy) is 2. The molecule has 2 N–H and O–H groups in total. The SMILES string of the molecule is COc1ccc(OCCNC(=O)CC(NC(C)=O)c2ccc(Cl)cc2)cc1. The van der Waals surface area contributed by atoms with Crippen LogP contribution >= 0.6 is 11.6 Å². The Hall–Kier alpha value is -2.73. The molecule has 0 heterocycles. The second kappa shape index (κ2) is 10.4. The van der Waals surface area contributed by atoms with Gasteiger partial charge in [-0.05, 0) is 42.0 Å². The second-order valence-electron chi connectivity index (χ2n) is 5.88. The van der Waals surface area contributed by atoms with Gasteiger partial charge in [0.1, 0.15) is 18.1 Å². The number of rotatable bonds is 9. The van der Waals surface area contributed by atoms with Crippen LogP contribution in [0.3, 0.4) is 0 Å². The molecule has 6 nitrogen and oxygen atoms in total. The lowest BCUT2D eigenvalue weighted by atomic mass is 10.0. The quantitative estimate of drug-likeness (QED) is 0.645. The lowest BCUT2D eigenvalue weighted by Gasteiger charge is -2.18. The van der Waals surface area contributed by atoms with E-state index in [2.05, 4.69) is 10.6 Å². The van der Waals surface area contributed by atoms with Crippen LogP contribution in [0.25, 0.3) is 0 Å². The topological polar surface area (TPSA) is 76.7 Å². The minimum Gasteiger partial charge on any atom is -0.497 e. The number of hydrogen-bond acceptors (Lipinski definition) is 4. The third-order valence-corrected chi connectivity index (χ3v) is 4.04. The Morgan fingerprint density at radius 2 is 1.67 bits per heavy atom. The molecule has 0 aromatic heterocycles. The third kappa shape index (κ3) is 7.19. The number of halogens is 1. The Labute approximate surface area is 163 Å². The molecular weight excluding hydrogens is 368 g/mol. The second-order valence-corrected chi connectivity index (χ2v) is 6.32. The number of hydrogen-bond donors (Lipinski definition) is 2. The van der Waals surface area contributed by atoms with Crippen LogP contribution in [-0.4, -0.2) is 32.1 Å². The van der Waals surface area contributed by atoms with Crippen molar-refractivity contribution < 1.29 is 19.1 Å². The van der Waals surface area contributed by atoms with Gasteiger partial charge in [0.2, 0.25) is 11.8 Å². The van der Waals surface area contributed by atoms with Crippen LogP contribution in [0.2, 0.25) is 5.02 Å². The summed E-state index contributed by atoms with van der Waals surface area (Å²) in [6, 6.07) is 13.8. The van der Waals surface area contributed by atoms with E-state index in [1.165, 1.54) is 6.92 Å². The molecule has 0 aliphatic rings. The minimum absolute atomic E-state index is 0.129. The van der Waals surface area contributed by atoms with Crippen molar-refractivity contribution in [3.63, 3.8) is 0 Å². The van der Waals surface area contributed by atoms with E-state index in [1.807, 2.05) is 0 Å². The smallest absolute Gasteiger partial charge is 0.222 e.